The summed E-state index contributed by atoms with van der Waals surface area (Å²) >= 11 is 0. The van der Waals surface area contributed by atoms with Gasteiger partial charge in [-0.15, -0.1) is 0 Å². The van der Waals surface area contributed by atoms with Crippen LogP contribution in [0.1, 0.15) is 22.5 Å². The Morgan fingerprint density at radius 3 is 2.94 bits per heavy atom. The Balaban J connectivity index is 2.36. The van der Waals surface area contributed by atoms with Crippen molar-refractivity contribution in [3.8, 4) is 0 Å². The average Bonchev–Trinajstić information content (AvgIpc) is 2.34. The summed E-state index contributed by atoms with van der Waals surface area (Å²) in [5.41, 5.74) is 1.40. The van der Waals surface area contributed by atoms with Crippen LogP contribution in [0.4, 0.5) is 4.79 Å². The Hall–Kier alpha value is -1.91. The van der Waals surface area contributed by atoms with Crippen LogP contribution in [-0.4, -0.2) is 42.8 Å². The molecule has 0 aliphatic heterocycles. The van der Waals surface area contributed by atoms with Gasteiger partial charge in [0.25, 0.3) is 0 Å². The molecule has 5 heteroatoms. The molecule has 0 aliphatic rings. The van der Waals surface area contributed by atoms with E-state index in [1.807, 2.05) is 6.07 Å². The third-order valence-corrected chi connectivity index (χ3v) is 2.34. The standard InChI is InChI=1S/C12H17N3O2/c1-15(2)12(17)14-8-4-6-10-5-3-7-13-11(10)9-16/h3,5,7,9H,4,6,8H2,1-2H3,(H,14,17). The van der Waals surface area contributed by atoms with Gasteiger partial charge in [0, 0.05) is 26.8 Å². The summed E-state index contributed by atoms with van der Waals surface area (Å²) in [6, 6.07) is 3.58. The topological polar surface area (TPSA) is 62.3 Å². The second-order valence-corrected chi connectivity index (χ2v) is 3.90. The lowest BCUT2D eigenvalue weighted by Gasteiger charge is -2.11. The van der Waals surface area contributed by atoms with E-state index in [1.165, 1.54) is 4.90 Å². The molecular weight excluding hydrogens is 218 g/mol. The molecule has 0 bridgehead atoms. The molecule has 0 aromatic carbocycles. The summed E-state index contributed by atoms with van der Waals surface area (Å²) < 4.78 is 0. The van der Waals surface area contributed by atoms with Crippen molar-refractivity contribution in [2.45, 2.75) is 12.8 Å². The third-order valence-electron chi connectivity index (χ3n) is 2.34. The minimum absolute atomic E-state index is 0.105. The van der Waals surface area contributed by atoms with E-state index < -0.39 is 0 Å². The first-order chi connectivity index (χ1) is 8.15. The van der Waals surface area contributed by atoms with E-state index in [4.69, 9.17) is 0 Å². The molecule has 0 spiro atoms. The number of hydrogen-bond donors (Lipinski definition) is 1. The first-order valence-corrected chi connectivity index (χ1v) is 5.49. The molecule has 1 heterocycles. The van der Waals surface area contributed by atoms with Crippen molar-refractivity contribution in [1.29, 1.82) is 0 Å². The average molecular weight is 235 g/mol. The number of aryl methyl sites for hydroxylation is 1. The number of aldehydes is 1. The Morgan fingerprint density at radius 1 is 1.53 bits per heavy atom. The number of rotatable bonds is 5. The zero-order chi connectivity index (χ0) is 12.7. The van der Waals surface area contributed by atoms with Crippen LogP contribution >= 0.6 is 0 Å². The largest absolute Gasteiger partial charge is 0.338 e. The van der Waals surface area contributed by atoms with E-state index in [0.29, 0.717) is 12.2 Å². The molecule has 1 aromatic heterocycles. The number of carbonyl (C=O) groups is 2. The minimum Gasteiger partial charge on any atom is -0.338 e. The van der Waals surface area contributed by atoms with Crippen molar-refractivity contribution in [3.05, 3.63) is 29.6 Å². The number of hydrogen-bond acceptors (Lipinski definition) is 3. The maximum atomic E-state index is 11.2. The fourth-order valence-electron chi connectivity index (χ4n) is 1.40. The molecule has 0 unspecified atom stereocenters. The molecular formula is C12H17N3O2. The number of urea groups is 1. The third kappa shape index (κ3) is 4.22. The first kappa shape index (κ1) is 13.2. The van der Waals surface area contributed by atoms with Gasteiger partial charge in [0.15, 0.2) is 6.29 Å². The number of aromatic nitrogens is 1. The summed E-state index contributed by atoms with van der Waals surface area (Å²) in [5.74, 6) is 0. The molecule has 17 heavy (non-hydrogen) atoms. The summed E-state index contributed by atoms with van der Waals surface area (Å²) in [6.07, 6.45) is 3.87. The molecule has 0 saturated heterocycles. The Labute approximate surface area is 101 Å². The molecule has 1 rings (SSSR count). The number of nitrogens with zero attached hydrogens (tertiary/aromatic N) is 2. The van der Waals surface area contributed by atoms with Gasteiger partial charge in [0.2, 0.25) is 0 Å². The van der Waals surface area contributed by atoms with Crippen molar-refractivity contribution in [2.75, 3.05) is 20.6 Å². The molecule has 92 valence electrons. The number of nitrogens with one attached hydrogen (secondary N) is 1. The van der Waals surface area contributed by atoms with Crippen LogP contribution in [0.15, 0.2) is 18.3 Å². The first-order valence-electron chi connectivity index (χ1n) is 5.49. The predicted octanol–water partition coefficient (Wildman–Crippen LogP) is 1.10. The summed E-state index contributed by atoms with van der Waals surface area (Å²) in [7, 11) is 3.39. The van der Waals surface area contributed by atoms with Gasteiger partial charge in [-0.3, -0.25) is 9.78 Å². The fraction of sp³-hybridized carbons (Fsp3) is 0.417. The van der Waals surface area contributed by atoms with Crippen LogP contribution in [0.3, 0.4) is 0 Å². The Bertz CT molecular complexity index is 391. The molecule has 0 atom stereocenters. The smallest absolute Gasteiger partial charge is 0.316 e. The molecule has 1 aromatic rings. The van der Waals surface area contributed by atoms with E-state index >= 15 is 0 Å². The van der Waals surface area contributed by atoms with E-state index in [1.54, 1.807) is 26.4 Å². The van der Waals surface area contributed by atoms with Crippen molar-refractivity contribution >= 4 is 12.3 Å². The molecule has 0 fully saturated rings. The molecule has 2 amide bonds. The fourth-order valence-corrected chi connectivity index (χ4v) is 1.40. The van der Waals surface area contributed by atoms with Gasteiger partial charge >= 0.3 is 6.03 Å². The van der Waals surface area contributed by atoms with Gasteiger partial charge in [0.1, 0.15) is 5.69 Å². The molecule has 5 nitrogen and oxygen atoms in total. The number of pyridine rings is 1. The van der Waals surface area contributed by atoms with Gasteiger partial charge < -0.3 is 10.2 Å². The highest BCUT2D eigenvalue weighted by Gasteiger charge is 2.03. The normalized spacial score (nSPS) is 9.76. The van der Waals surface area contributed by atoms with Crippen molar-refractivity contribution in [2.24, 2.45) is 0 Å². The van der Waals surface area contributed by atoms with Crippen LogP contribution in [0.2, 0.25) is 0 Å². The van der Waals surface area contributed by atoms with Gasteiger partial charge in [-0.25, -0.2) is 4.79 Å². The van der Waals surface area contributed by atoms with Crippen molar-refractivity contribution < 1.29 is 9.59 Å². The Morgan fingerprint density at radius 2 is 2.29 bits per heavy atom. The van der Waals surface area contributed by atoms with Crippen LogP contribution in [-0.2, 0) is 6.42 Å². The van der Waals surface area contributed by atoms with Crippen LogP contribution in [0.5, 0.6) is 0 Å². The highest BCUT2D eigenvalue weighted by molar-refractivity contribution is 5.74. The van der Waals surface area contributed by atoms with Gasteiger partial charge in [-0.2, -0.15) is 0 Å². The van der Waals surface area contributed by atoms with Gasteiger partial charge in [-0.1, -0.05) is 6.07 Å². The zero-order valence-corrected chi connectivity index (χ0v) is 10.1. The van der Waals surface area contributed by atoms with E-state index in [2.05, 4.69) is 10.3 Å². The van der Waals surface area contributed by atoms with E-state index in [-0.39, 0.29) is 6.03 Å². The highest BCUT2D eigenvalue weighted by atomic mass is 16.2. The van der Waals surface area contributed by atoms with Gasteiger partial charge in [-0.05, 0) is 24.5 Å². The van der Waals surface area contributed by atoms with Gasteiger partial charge in [0.05, 0.1) is 0 Å². The van der Waals surface area contributed by atoms with Crippen molar-refractivity contribution in [3.63, 3.8) is 0 Å². The lowest BCUT2D eigenvalue weighted by atomic mass is 10.1. The molecule has 0 radical (unpaired) electrons. The van der Waals surface area contributed by atoms with Crippen molar-refractivity contribution in [1.82, 2.24) is 15.2 Å². The van der Waals surface area contributed by atoms with E-state index in [0.717, 1.165) is 24.7 Å². The maximum Gasteiger partial charge on any atom is 0.316 e. The predicted molar refractivity (Wildman–Crippen MR) is 65.0 cm³/mol. The summed E-state index contributed by atoms with van der Waals surface area (Å²) in [5, 5.41) is 2.77. The minimum atomic E-state index is -0.105. The van der Waals surface area contributed by atoms with Crippen LogP contribution in [0, 0.1) is 0 Å². The maximum absolute atomic E-state index is 11.2. The SMILES string of the molecule is CN(C)C(=O)NCCCc1cccnc1C=O. The number of carbonyl (C=O) groups excluding carboxylic acids is 2. The summed E-state index contributed by atoms with van der Waals surface area (Å²) in [4.78, 5) is 27.4. The van der Waals surface area contributed by atoms with E-state index in [9.17, 15) is 9.59 Å². The quantitative estimate of drug-likeness (QED) is 0.614. The highest BCUT2D eigenvalue weighted by Crippen LogP contribution is 2.05. The Kier molecular flexibility index (Phi) is 5.13. The number of amides is 2. The lowest BCUT2D eigenvalue weighted by Crippen LogP contribution is -2.35. The zero-order valence-electron chi connectivity index (χ0n) is 10.1. The molecule has 0 saturated carbocycles. The molecule has 0 aliphatic carbocycles. The second-order valence-electron chi connectivity index (χ2n) is 3.90. The lowest BCUT2D eigenvalue weighted by molar-refractivity contribution is 0.111. The molecule has 1 N–H and O–H groups in total. The monoisotopic (exact) mass is 235 g/mol. The summed E-state index contributed by atoms with van der Waals surface area (Å²) in [6.45, 7) is 0.588. The van der Waals surface area contributed by atoms with Crippen LogP contribution in [0.25, 0.3) is 0 Å². The second kappa shape index (κ2) is 6.62. The van der Waals surface area contributed by atoms with Crippen LogP contribution < -0.4 is 5.32 Å².